The number of hydrogen-bond acceptors (Lipinski definition) is 4. The van der Waals surface area contributed by atoms with Gasteiger partial charge in [0.2, 0.25) is 0 Å². The van der Waals surface area contributed by atoms with Crippen molar-refractivity contribution >= 4 is 12.1 Å². The third-order valence-electron chi connectivity index (χ3n) is 4.58. The molecule has 4 aliphatic carbocycles. The van der Waals surface area contributed by atoms with Crippen LogP contribution in [0, 0.1) is 11.8 Å². The topological polar surface area (TPSA) is 52.6 Å². The summed E-state index contributed by atoms with van der Waals surface area (Å²) in [4.78, 5) is 23.9. The molecule has 4 nitrogen and oxygen atoms in total. The van der Waals surface area contributed by atoms with Crippen LogP contribution in [0.15, 0.2) is 52.8 Å². The summed E-state index contributed by atoms with van der Waals surface area (Å²) in [6.45, 7) is 3.78. The summed E-state index contributed by atoms with van der Waals surface area (Å²) in [5, 5.41) is 0. The fraction of sp³-hybridized carbons (Fsp3) is 0.389. The number of carbonyl (C=O) groups is 2. The summed E-state index contributed by atoms with van der Waals surface area (Å²) in [5.74, 6) is -0.839. The first-order chi connectivity index (χ1) is 10.5. The molecule has 0 radical (unpaired) electrons. The molecule has 1 aliphatic heterocycles. The average Bonchev–Trinajstić information content (AvgIpc) is 3.09. The van der Waals surface area contributed by atoms with Gasteiger partial charge in [0.1, 0.15) is 0 Å². The van der Waals surface area contributed by atoms with Crippen LogP contribution in [0.3, 0.4) is 0 Å². The van der Waals surface area contributed by atoms with Gasteiger partial charge in [-0.05, 0) is 26.0 Å². The van der Waals surface area contributed by atoms with E-state index in [1.165, 1.54) is 0 Å². The van der Waals surface area contributed by atoms with Gasteiger partial charge in [-0.25, -0.2) is 0 Å². The van der Waals surface area contributed by atoms with Crippen LogP contribution in [-0.2, 0) is 19.1 Å². The SMILES string of the molecule is CC1(C)OC2C3C=CC(C(C(=O)C4=C(C=O)C=C=C4)=C3)C2O1. The molecule has 5 rings (SSSR count). The molecule has 0 aromatic rings. The van der Waals surface area contributed by atoms with Gasteiger partial charge >= 0.3 is 0 Å². The minimum atomic E-state index is -0.633. The second kappa shape index (κ2) is 4.50. The maximum absolute atomic E-state index is 12.8. The van der Waals surface area contributed by atoms with Crippen molar-refractivity contribution in [3.05, 3.63) is 52.8 Å². The van der Waals surface area contributed by atoms with Crippen LogP contribution >= 0.6 is 0 Å². The van der Waals surface area contributed by atoms with E-state index in [-0.39, 0.29) is 29.8 Å². The summed E-state index contributed by atoms with van der Waals surface area (Å²) < 4.78 is 12.0. The van der Waals surface area contributed by atoms with Crippen LogP contribution in [0.5, 0.6) is 0 Å². The van der Waals surface area contributed by atoms with E-state index in [1.807, 2.05) is 26.0 Å². The molecule has 1 fully saturated rings. The van der Waals surface area contributed by atoms with Gasteiger partial charge in [0.05, 0.1) is 12.2 Å². The molecule has 4 unspecified atom stereocenters. The maximum Gasteiger partial charge on any atom is 0.190 e. The van der Waals surface area contributed by atoms with Gasteiger partial charge in [-0.15, -0.1) is 5.73 Å². The summed E-state index contributed by atoms with van der Waals surface area (Å²) in [6.07, 6.45) is 9.68. The Bertz CT molecular complexity index is 728. The monoisotopic (exact) mass is 296 g/mol. The number of ether oxygens (including phenoxy) is 2. The molecule has 22 heavy (non-hydrogen) atoms. The molecule has 1 heterocycles. The van der Waals surface area contributed by atoms with Gasteiger partial charge in [0.15, 0.2) is 17.9 Å². The predicted molar refractivity (Wildman–Crippen MR) is 78.8 cm³/mol. The van der Waals surface area contributed by atoms with Crippen LogP contribution in [0.4, 0.5) is 0 Å². The van der Waals surface area contributed by atoms with E-state index in [9.17, 15) is 9.59 Å². The Hall–Kier alpha value is -2.00. The lowest BCUT2D eigenvalue weighted by Gasteiger charge is -2.37. The van der Waals surface area contributed by atoms with Gasteiger partial charge in [0.25, 0.3) is 0 Å². The van der Waals surface area contributed by atoms with E-state index in [0.717, 1.165) is 0 Å². The lowest BCUT2D eigenvalue weighted by atomic mass is 9.71. The minimum absolute atomic E-state index is 0.0364. The zero-order chi connectivity index (χ0) is 15.5. The number of aldehydes is 1. The molecular weight excluding hydrogens is 280 g/mol. The molecule has 0 spiro atoms. The lowest BCUT2D eigenvalue weighted by molar-refractivity contribution is -0.148. The zero-order valence-corrected chi connectivity index (χ0v) is 12.4. The average molecular weight is 296 g/mol. The van der Waals surface area contributed by atoms with E-state index in [0.29, 0.717) is 23.0 Å². The highest BCUT2D eigenvalue weighted by Gasteiger charge is 2.53. The summed E-state index contributed by atoms with van der Waals surface area (Å²) in [7, 11) is 0. The molecule has 0 N–H and O–H groups in total. The lowest BCUT2D eigenvalue weighted by Crippen LogP contribution is -2.44. The highest BCUT2D eigenvalue weighted by molar-refractivity contribution is 6.14. The summed E-state index contributed by atoms with van der Waals surface area (Å²) in [5.41, 5.74) is 4.31. The molecule has 112 valence electrons. The molecule has 0 amide bonds. The normalized spacial score (nSPS) is 36.7. The van der Waals surface area contributed by atoms with Crippen molar-refractivity contribution in [1.82, 2.24) is 0 Å². The van der Waals surface area contributed by atoms with Crippen LogP contribution in [-0.4, -0.2) is 30.1 Å². The van der Waals surface area contributed by atoms with Crippen LogP contribution in [0.25, 0.3) is 0 Å². The number of hydrogen-bond donors (Lipinski definition) is 0. The van der Waals surface area contributed by atoms with Crippen molar-refractivity contribution in [3.63, 3.8) is 0 Å². The summed E-state index contributed by atoms with van der Waals surface area (Å²) in [6, 6.07) is 0. The molecule has 1 saturated heterocycles. The van der Waals surface area contributed by atoms with E-state index >= 15 is 0 Å². The van der Waals surface area contributed by atoms with Gasteiger partial charge in [-0.1, -0.05) is 18.2 Å². The highest BCUT2D eigenvalue weighted by Crippen LogP contribution is 2.47. The first-order valence-electron chi connectivity index (χ1n) is 7.42. The van der Waals surface area contributed by atoms with Gasteiger partial charge < -0.3 is 9.47 Å². The van der Waals surface area contributed by atoms with Crippen molar-refractivity contribution in [1.29, 1.82) is 0 Å². The maximum atomic E-state index is 12.8. The van der Waals surface area contributed by atoms with Crippen molar-refractivity contribution in [2.75, 3.05) is 0 Å². The van der Waals surface area contributed by atoms with Crippen molar-refractivity contribution in [2.45, 2.75) is 31.8 Å². The molecule has 0 aromatic heterocycles. The molecule has 4 heteroatoms. The zero-order valence-electron chi connectivity index (χ0n) is 12.4. The van der Waals surface area contributed by atoms with E-state index in [1.54, 1.807) is 12.2 Å². The van der Waals surface area contributed by atoms with Gasteiger partial charge in [-0.3, -0.25) is 9.59 Å². The number of Topliss-reactive ketones (excluding diaryl/α,β-unsaturated/α-hetero) is 1. The third-order valence-corrected chi connectivity index (χ3v) is 4.58. The Morgan fingerprint density at radius 3 is 2.77 bits per heavy atom. The van der Waals surface area contributed by atoms with Gasteiger partial charge in [0, 0.05) is 28.6 Å². The molecule has 0 aromatic carbocycles. The second-order valence-electron chi connectivity index (χ2n) is 6.45. The van der Waals surface area contributed by atoms with Crippen molar-refractivity contribution in [2.24, 2.45) is 11.8 Å². The van der Waals surface area contributed by atoms with E-state index < -0.39 is 5.79 Å². The van der Waals surface area contributed by atoms with E-state index in [4.69, 9.17) is 9.47 Å². The second-order valence-corrected chi connectivity index (χ2v) is 6.45. The third kappa shape index (κ3) is 1.85. The number of rotatable bonds is 3. The van der Waals surface area contributed by atoms with E-state index in [2.05, 4.69) is 11.8 Å². The van der Waals surface area contributed by atoms with Crippen LogP contribution in [0.2, 0.25) is 0 Å². The standard InChI is InChI=1S/C18H16O4/c1-18(2)21-16-10-6-7-13(17(16)22-18)14(8-10)15(20)12-5-3-4-11(12)9-19/h4-10,13,16-17H,1-2H3. The molecular formula is C18H16O4. The largest absolute Gasteiger partial charge is 0.344 e. The summed E-state index contributed by atoms with van der Waals surface area (Å²) >= 11 is 0. The quantitative estimate of drug-likeness (QED) is 0.454. The number of ketones is 1. The smallest absolute Gasteiger partial charge is 0.190 e. The van der Waals surface area contributed by atoms with Gasteiger partial charge in [-0.2, -0.15) is 0 Å². The fourth-order valence-electron chi connectivity index (χ4n) is 3.66. The Kier molecular flexibility index (Phi) is 2.79. The van der Waals surface area contributed by atoms with Crippen molar-refractivity contribution < 1.29 is 19.1 Å². The Morgan fingerprint density at radius 1 is 1.23 bits per heavy atom. The van der Waals surface area contributed by atoms with Crippen molar-refractivity contribution in [3.8, 4) is 0 Å². The Balaban J connectivity index is 1.69. The first-order valence-corrected chi connectivity index (χ1v) is 7.42. The number of carbonyl (C=O) groups excluding carboxylic acids is 2. The predicted octanol–water partition coefficient (Wildman–Crippen LogP) is 2.04. The first kappa shape index (κ1) is 13.6. The fourth-order valence-corrected chi connectivity index (χ4v) is 3.66. The highest BCUT2D eigenvalue weighted by atomic mass is 16.8. The molecule has 5 aliphatic rings. The van der Waals surface area contributed by atoms with Crippen LogP contribution in [0.1, 0.15) is 13.8 Å². The molecule has 0 saturated carbocycles. The van der Waals surface area contributed by atoms with Crippen LogP contribution < -0.4 is 0 Å². The molecule has 2 bridgehead atoms. The Morgan fingerprint density at radius 2 is 2.00 bits per heavy atom. The number of allylic oxidation sites excluding steroid dienone is 3. The Labute approximate surface area is 128 Å². The minimum Gasteiger partial charge on any atom is -0.344 e. The molecule has 4 atom stereocenters.